The molecule has 1 aliphatic rings. The Morgan fingerprint density at radius 1 is 1.35 bits per heavy atom. The molecule has 1 heterocycles. The molecule has 0 aromatic heterocycles. The van der Waals surface area contributed by atoms with Gasteiger partial charge in [-0.25, -0.2) is 0 Å². The summed E-state index contributed by atoms with van der Waals surface area (Å²) in [6.45, 7) is 7.02. The highest BCUT2D eigenvalue weighted by Crippen LogP contribution is 2.16. The molecule has 1 aliphatic heterocycles. The number of likely N-dealkylation sites (N-methyl/N-ethyl adjacent to an activating group) is 1. The second-order valence-corrected chi connectivity index (χ2v) is 4.67. The third-order valence-corrected chi connectivity index (χ3v) is 3.34. The van der Waals surface area contributed by atoms with Crippen molar-refractivity contribution in [2.45, 2.75) is 13.0 Å². The molecule has 2 rings (SSSR count). The van der Waals surface area contributed by atoms with Gasteiger partial charge in [-0.2, -0.15) is 0 Å². The number of ether oxygens (including phenoxy) is 1. The van der Waals surface area contributed by atoms with Crippen molar-refractivity contribution in [3.63, 3.8) is 0 Å². The van der Waals surface area contributed by atoms with Crippen LogP contribution in [0.2, 0.25) is 0 Å². The van der Waals surface area contributed by atoms with Gasteiger partial charge < -0.3 is 10.1 Å². The second kappa shape index (κ2) is 6.15. The first kappa shape index (κ1) is 12.6. The first-order valence-electron chi connectivity index (χ1n) is 6.33. The van der Waals surface area contributed by atoms with Gasteiger partial charge in [-0.3, -0.25) is 4.90 Å². The van der Waals surface area contributed by atoms with Crippen molar-refractivity contribution in [3.05, 3.63) is 35.4 Å². The predicted octanol–water partition coefficient (Wildman–Crippen LogP) is 1.59. The van der Waals surface area contributed by atoms with Crippen molar-refractivity contribution in [3.8, 4) is 0 Å². The Labute approximate surface area is 104 Å². The maximum absolute atomic E-state index is 5.38. The smallest absolute Gasteiger partial charge is 0.0594 e. The van der Waals surface area contributed by atoms with E-state index >= 15 is 0 Å². The van der Waals surface area contributed by atoms with Crippen LogP contribution >= 0.6 is 0 Å². The lowest BCUT2D eigenvalue weighted by atomic mass is 10.0. The zero-order valence-corrected chi connectivity index (χ0v) is 10.8. The highest BCUT2D eigenvalue weighted by Gasteiger charge is 2.16. The monoisotopic (exact) mass is 234 g/mol. The number of morpholine rings is 1. The predicted molar refractivity (Wildman–Crippen MR) is 70.2 cm³/mol. The van der Waals surface area contributed by atoms with Crippen molar-refractivity contribution in [1.82, 2.24) is 10.2 Å². The summed E-state index contributed by atoms with van der Waals surface area (Å²) < 4.78 is 5.38. The van der Waals surface area contributed by atoms with E-state index < -0.39 is 0 Å². The summed E-state index contributed by atoms with van der Waals surface area (Å²) in [7, 11) is 2.04. The molecule has 0 spiro atoms. The first-order valence-corrected chi connectivity index (χ1v) is 6.33. The van der Waals surface area contributed by atoms with Crippen LogP contribution in [0.15, 0.2) is 24.3 Å². The molecule has 3 heteroatoms. The number of benzene rings is 1. The molecule has 0 aliphatic carbocycles. The molecule has 0 radical (unpaired) electrons. The Morgan fingerprint density at radius 3 is 2.76 bits per heavy atom. The van der Waals surface area contributed by atoms with E-state index in [1.165, 1.54) is 11.1 Å². The van der Waals surface area contributed by atoms with Gasteiger partial charge >= 0.3 is 0 Å². The van der Waals surface area contributed by atoms with Gasteiger partial charge in [0.05, 0.1) is 13.2 Å². The first-order chi connectivity index (χ1) is 8.29. The van der Waals surface area contributed by atoms with E-state index in [9.17, 15) is 0 Å². The topological polar surface area (TPSA) is 24.5 Å². The number of nitrogens with zero attached hydrogens (tertiary/aromatic N) is 1. The van der Waals surface area contributed by atoms with Gasteiger partial charge in [-0.05, 0) is 19.5 Å². The van der Waals surface area contributed by atoms with Crippen LogP contribution in [0, 0.1) is 6.92 Å². The number of nitrogens with one attached hydrogen (secondary N) is 1. The van der Waals surface area contributed by atoms with Crippen LogP contribution in [-0.2, 0) is 4.74 Å². The molecule has 0 bridgehead atoms. The van der Waals surface area contributed by atoms with Crippen LogP contribution in [0.5, 0.6) is 0 Å². The number of rotatable bonds is 4. The van der Waals surface area contributed by atoms with Crippen molar-refractivity contribution in [2.24, 2.45) is 0 Å². The van der Waals surface area contributed by atoms with Gasteiger partial charge in [0.1, 0.15) is 0 Å². The molecule has 17 heavy (non-hydrogen) atoms. The summed E-state index contributed by atoms with van der Waals surface area (Å²) in [5.74, 6) is 0. The van der Waals surface area contributed by atoms with Gasteiger partial charge in [0.2, 0.25) is 0 Å². The lowest BCUT2D eigenvalue weighted by Gasteiger charge is -2.30. The lowest BCUT2D eigenvalue weighted by molar-refractivity contribution is 0.0338. The van der Waals surface area contributed by atoms with E-state index in [1.807, 2.05) is 7.05 Å². The minimum atomic E-state index is 0.410. The summed E-state index contributed by atoms with van der Waals surface area (Å²) in [6.07, 6.45) is 0. The number of hydrogen-bond donors (Lipinski definition) is 1. The Bertz CT molecular complexity index is 348. The summed E-state index contributed by atoms with van der Waals surface area (Å²) in [4.78, 5) is 2.47. The van der Waals surface area contributed by atoms with Crippen molar-refractivity contribution in [2.75, 3.05) is 39.9 Å². The molecule has 1 atom stereocenters. The lowest BCUT2D eigenvalue weighted by Crippen LogP contribution is -2.41. The molecule has 1 aromatic rings. The van der Waals surface area contributed by atoms with Crippen LogP contribution in [0.4, 0.5) is 0 Å². The molecule has 3 nitrogen and oxygen atoms in total. The van der Waals surface area contributed by atoms with Crippen LogP contribution in [-0.4, -0.2) is 44.8 Å². The largest absolute Gasteiger partial charge is 0.379 e. The third kappa shape index (κ3) is 3.53. The fourth-order valence-corrected chi connectivity index (χ4v) is 2.29. The quantitative estimate of drug-likeness (QED) is 0.856. The van der Waals surface area contributed by atoms with Crippen LogP contribution < -0.4 is 5.32 Å². The maximum Gasteiger partial charge on any atom is 0.0594 e. The normalized spacial score (nSPS) is 19.2. The number of hydrogen-bond acceptors (Lipinski definition) is 3. The minimum absolute atomic E-state index is 0.410. The Hall–Kier alpha value is -0.900. The molecule has 0 amide bonds. The third-order valence-electron chi connectivity index (χ3n) is 3.34. The van der Waals surface area contributed by atoms with E-state index in [-0.39, 0.29) is 0 Å². The molecule has 1 aromatic carbocycles. The molecule has 94 valence electrons. The Balaban J connectivity index is 2.00. The fourth-order valence-electron chi connectivity index (χ4n) is 2.29. The SMILES string of the molecule is CNC(CN1CCOCC1)c1cccc(C)c1. The summed E-state index contributed by atoms with van der Waals surface area (Å²) >= 11 is 0. The van der Waals surface area contributed by atoms with Gasteiger partial charge in [-0.15, -0.1) is 0 Å². The molecule has 1 fully saturated rings. The molecule has 1 saturated heterocycles. The minimum Gasteiger partial charge on any atom is -0.379 e. The molecule has 1 unspecified atom stereocenters. The van der Waals surface area contributed by atoms with E-state index in [2.05, 4.69) is 41.4 Å². The van der Waals surface area contributed by atoms with E-state index in [4.69, 9.17) is 4.74 Å². The van der Waals surface area contributed by atoms with Crippen LogP contribution in [0.1, 0.15) is 17.2 Å². The second-order valence-electron chi connectivity index (χ2n) is 4.67. The summed E-state index contributed by atoms with van der Waals surface area (Å²) in [6, 6.07) is 9.16. The molecule has 0 saturated carbocycles. The van der Waals surface area contributed by atoms with Crippen LogP contribution in [0.25, 0.3) is 0 Å². The van der Waals surface area contributed by atoms with Crippen molar-refractivity contribution < 1.29 is 4.74 Å². The average Bonchev–Trinajstić information content (AvgIpc) is 2.37. The standard InChI is InChI=1S/C14H22N2O/c1-12-4-3-5-13(10-12)14(15-2)11-16-6-8-17-9-7-16/h3-5,10,14-15H,6-9,11H2,1-2H3. The van der Waals surface area contributed by atoms with Crippen molar-refractivity contribution in [1.29, 1.82) is 0 Å². The van der Waals surface area contributed by atoms with E-state index in [0.29, 0.717) is 6.04 Å². The zero-order chi connectivity index (χ0) is 12.1. The van der Waals surface area contributed by atoms with Crippen molar-refractivity contribution >= 4 is 0 Å². The molecular formula is C14H22N2O. The van der Waals surface area contributed by atoms with Crippen LogP contribution in [0.3, 0.4) is 0 Å². The average molecular weight is 234 g/mol. The Morgan fingerprint density at radius 2 is 2.12 bits per heavy atom. The van der Waals surface area contributed by atoms with Gasteiger partial charge in [0, 0.05) is 25.7 Å². The summed E-state index contributed by atoms with van der Waals surface area (Å²) in [5.41, 5.74) is 2.70. The zero-order valence-electron chi connectivity index (χ0n) is 10.8. The highest BCUT2D eigenvalue weighted by molar-refractivity contribution is 5.25. The van der Waals surface area contributed by atoms with Gasteiger partial charge in [-0.1, -0.05) is 29.8 Å². The van der Waals surface area contributed by atoms with Gasteiger partial charge in [0.15, 0.2) is 0 Å². The molecule has 1 N–H and O–H groups in total. The van der Waals surface area contributed by atoms with E-state index in [1.54, 1.807) is 0 Å². The highest BCUT2D eigenvalue weighted by atomic mass is 16.5. The fraction of sp³-hybridized carbons (Fsp3) is 0.571. The molecular weight excluding hydrogens is 212 g/mol. The van der Waals surface area contributed by atoms with Gasteiger partial charge in [0.25, 0.3) is 0 Å². The number of aryl methyl sites for hydroxylation is 1. The Kier molecular flexibility index (Phi) is 4.54. The maximum atomic E-state index is 5.38. The summed E-state index contributed by atoms with van der Waals surface area (Å²) in [5, 5.41) is 3.41. The van der Waals surface area contributed by atoms with E-state index in [0.717, 1.165) is 32.8 Å².